The summed E-state index contributed by atoms with van der Waals surface area (Å²) < 4.78 is 1.44. The number of aromatic nitrogens is 2. The van der Waals surface area contributed by atoms with Gasteiger partial charge in [-0.1, -0.05) is 11.6 Å². The van der Waals surface area contributed by atoms with E-state index in [9.17, 15) is 4.79 Å². The summed E-state index contributed by atoms with van der Waals surface area (Å²) >= 11 is 5.64. The molecule has 0 bridgehead atoms. The molecule has 0 saturated carbocycles. The Bertz CT molecular complexity index is 306. The van der Waals surface area contributed by atoms with Crippen LogP contribution in [0.25, 0.3) is 0 Å². The first-order valence-electron chi connectivity index (χ1n) is 2.96. The molecule has 0 radical (unpaired) electrons. The molecule has 11 heavy (non-hydrogen) atoms. The Morgan fingerprint density at radius 3 is 2.45 bits per heavy atom. The van der Waals surface area contributed by atoms with Gasteiger partial charge < -0.3 is 5.11 Å². The first-order valence-corrected chi connectivity index (χ1v) is 3.34. The molecule has 1 aromatic rings. The van der Waals surface area contributed by atoms with Crippen LogP contribution in [0.3, 0.4) is 0 Å². The molecule has 60 valence electrons. The Morgan fingerprint density at radius 1 is 1.73 bits per heavy atom. The van der Waals surface area contributed by atoms with Crippen molar-refractivity contribution >= 4 is 17.6 Å². The van der Waals surface area contributed by atoms with Gasteiger partial charge >= 0.3 is 5.97 Å². The van der Waals surface area contributed by atoms with Crippen molar-refractivity contribution in [1.29, 1.82) is 0 Å². The molecule has 1 aromatic heterocycles. The minimum Gasteiger partial charge on any atom is -0.476 e. The van der Waals surface area contributed by atoms with E-state index in [1.807, 2.05) is 0 Å². The number of hydrogen-bond acceptors (Lipinski definition) is 2. The fraction of sp³-hybridized carbons (Fsp3) is 0.333. The zero-order valence-corrected chi connectivity index (χ0v) is 6.88. The van der Waals surface area contributed by atoms with Crippen molar-refractivity contribution in [2.24, 2.45) is 7.05 Å². The maximum absolute atomic E-state index is 10.4. The van der Waals surface area contributed by atoms with Gasteiger partial charge in [0, 0.05) is 7.05 Å². The minimum absolute atomic E-state index is 0.0910. The molecular weight excluding hydrogens is 168 g/mol. The summed E-state index contributed by atoms with van der Waals surface area (Å²) in [6.07, 6.45) is 0. The molecule has 0 amide bonds. The molecule has 1 N–H and O–H groups in total. The van der Waals surface area contributed by atoms with E-state index >= 15 is 0 Å². The van der Waals surface area contributed by atoms with Gasteiger partial charge in [0.1, 0.15) is 0 Å². The largest absolute Gasteiger partial charge is 0.476 e. The molecule has 0 atom stereocenters. The van der Waals surface area contributed by atoms with Gasteiger partial charge in [0.15, 0.2) is 5.69 Å². The molecule has 0 fully saturated rings. The first-order chi connectivity index (χ1) is 5.04. The lowest BCUT2D eigenvalue weighted by Gasteiger charge is -1.89. The third-order valence-corrected chi connectivity index (χ3v) is 1.92. The molecule has 0 aliphatic carbocycles. The summed E-state index contributed by atoms with van der Waals surface area (Å²) in [7, 11) is 1.65. The van der Waals surface area contributed by atoms with Crippen LogP contribution in [0.4, 0.5) is 0 Å². The van der Waals surface area contributed by atoms with Crippen LogP contribution in [0.15, 0.2) is 0 Å². The zero-order chi connectivity index (χ0) is 8.59. The van der Waals surface area contributed by atoms with E-state index in [4.69, 9.17) is 16.7 Å². The van der Waals surface area contributed by atoms with Crippen LogP contribution in [0.1, 0.15) is 16.2 Å². The Balaban J connectivity index is 3.29. The average molecular weight is 175 g/mol. The van der Waals surface area contributed by atoms with Crippen molar-refractivity contribution in [2.45, 2.75) is 6.92 Å². The highest BCUT2D eigenvalue weighted by Gasteiger charge is 2.16. The second-order valence-corrected chi connectivity index (χ2v) is 2.55. The quantitative estimate of drug-likeness (QED) is 0.693. The van der Waals surface area contributed by atoms with Crippen molar-refractivity contribution in [2.75, 3.05) is 0 Å². The fourth-order valence-electron chi connectivity index (χ4n) is 0.719. The van der Waals surface area contributed by atoms with E-state index in [0.717, 1.165) is 0 Å². The average Bonchev–Trinajstić information content (AvgIpc) is 2.17. The number of aryl methyl sites for hydroxylation is 1. The van der Waals surface area contributed by atoms with Crippen molar-refractivity contribution in [3.05, 3.63) is 16.4 Å². The molecule has 0 unspecified atom stereocenters. The van der Waals surface area contributed by atoms with E-state index in [0.29, 0.717) is 5.69 Å². The van der Waals surface area contributed by atoms with Gasteiger partial charge in [0.25, 0.3) is 0 Å². The Hall–Kier alpha value is -1.03. The third kappa shape index (κ3) is 1.21. The van der Waals surface area contributed by atoms with E-state index in [-0.39, 0.29) is 10.7 Å². The summed E-state index contributed by atoms with van der Waals surface area (Å²) in [5.74, 6) is -1.10. The van der Waals surface area contributed by atoms with Gasteiger partial charge in [0.05, 0.1) is 10.7 Å². The fourth-order valence-corrected chi connectivity index (χ4v) is 0.960. The van der Waals surface area contributed by atoms with Crippen LogP contribution in [-0.2, 0) is 7.05 Å². The standard InChI is InChI=1S/C6H7ClN2O2/c1-3-4(7)5(6(10)11)8-9(3)2/h1-2H3,(H,10,11). The van der Waals surface area contributed by atoms with Crippen LogP contribution in [0.5, 0.6) is 0 Å². The minimum atomic E-state index is -1.10. The number of nitrogens with zero attached hydrogens (tertiary/aromatic N) is 2. The predicted octanol–water partition coefficient (Wildman–Crippen LogP) is 1.08. The number of carboxylic acid groups (broad SMARTS) is 1. The number of aromatic carboxylic acids is 1. The molecule has 4 nitrogen and oxygen atoms in total. The molecule has 1 rings (SSSR count). The molecule has 0 spiro atoms. The predicted molar refractivity (Wildman–Crippen MR) is 39.9 cm³/mol. The van der Waals surface area contributed by atoms with Gasteiger partial charge in [0.2, 0.25) is 0 Å². The van der Waals surface area contributed by atoms with Gasteiger partial charge in [-0.25, -0.2) is 4.79 Å². The van der Waals surface area contributed by atoms with Crippen molar-refractivity contribution in [3.8, 4) is 0 Å². The Labute approximate surface area is 68.4 Å². The van der Waals surface area contributed by atoms with Crippen LogP contribution in [0.2, 0.25) is 5.02 Å². The SMILES string of the molecule is Cc1c(Cl)c(C(=O)O)nn1C. The topological polar surface area (TPSA) is 55.1 Å². The van der Waals surface area contributed by atoms with E-state index < -0.39 is 5.97 Å². The third-order valence-electron chi connectivity index (χ3n) is 1.46. The monoisotopic (exact) mass is 174 g/mol. The summed E-state index contributed by atoms with van der Waals surface area (Å²) in [5.41, 5.74) is 0.565. The normalized spacial score (nSPS) is 10.1. The highest BCUT2D eigenvalue weighted by Crippen LogP contribution is 2.18. The maximum Gasteiger partial charge on any atom is 0.357 e. The number of hydrogen-bond donors (Lipinski definition) is 1. The van der Waals surface area contributed by atoms with Gasteiger partial charge in [-0.05, 0) is 6.92 Å². The summed E-state index contributed by atoms with van der Waals surface area (Å²) in [4.78, 5) is 10.4. The second kappa shape index (κ2) is 2.54. The summed E-state index contributed by atoms with van der Waals surface area (Å²) in [6, 6.07) is 0. The van der Waals surface area contributed by atoms with Gasteiger partial charge in [-0.3, -0.25) is 4.68 Å². The molecule has 0 aliphatic heterocycles. The summed E-state index contributed by atoms with van der Waals surface area (Å²) in [5, 5.41) is 12.4. The first kappa shape index (κ1) is 8.07. The van der Waals surface area contributed by atoms with Crippen molar-refractivity contribution < 1.29 is 9.90 Å². The molecule has 1 heterocycles. The lowest BCUT2D eigenvalue weighted by molar-refractivity contribution is 0.0690. The highest BCUT2D eigenvalue weighted by molar-refractivity contribution is 6.33. The molecular formula is C6H7ClN2O2. The number of halogens is 1. The smallest absolute Gasteiger partial charge is 0.357 e. The van der Waals surface area contributed by atoms with Crippen LogP contribution >= 0.6 is 11.6 Å². The Morgan fingerprint density at radius 2 is 2.27 bits per heavy atom. The maximum atomic E-state index is 10.4. The zero-order valence-electron chi connectivity index (χ0n) is 6.13. The molecule has 5 heteroatoms. The summed E-state index contributed by atoms with van der Waals surface area (Å²) in [6.45, 7) is 1.71. The van der Waals surface area contributed by atoms with E-state index in [1.54, 1.807) is 14.0 Å². The van der Waals surface area contributed by atoms with Gasteiger partial charge in [-0.15, -0.1) is 0 Å². The molecule has 0 saturated heterocycles. The number of rotatable bonds is 1. The van der Waals surface area contributed by atoms with Gasteiger partial charge in [-0.2, -0.15) is 5.10 Å². The van der Waals surface area contributed by atoms with Crippen LogP contribution in [-0.4, -0.2) is 20.9 Å². The van der Waals surface area contributed by atoms with Crippen molar-refractivity contribution in [3.63, 3.8) is 0 Å². The number of carboxylic acids is 1. The van der Waals surface area contributed by atoms with Crippen LogP contribution < -0.4 is 0 Å². The lowest BCUT2D eigenvalue weighted by atomic mass is 10.4. The van der Waals surface area contributed by atoms with E-state index in [2.05, 4.69) is 5.10 Å². The van der Waals surface area contributed by atoms with Crippen LogP contribution in [0, 0.1) is 6.92 Å². The Kier molecular flexibility index (Phi) is 1.87. The highest BCUT2D eigenvalue weighted by atomic mass is 35.5. The van der Waals surface area contributed by atoms with E-state index in [1.165, 1.54) is 4.68 Å². The molecule has 0 aromatic carbocycles. The second-order valence-electron chi connectivity index (χ2n) is 2.18. The molecule has 0 aliphatic rings. The lowest BCUT2D eigenvalue weighted by Crippen LogP contribution is -1.99. The number of carbonyl (C=O) groups is 1. The van der Waals surface area contributed by atoms with Crippen molar-refractivity contribution in [1.82, 2.24) is 9.78 Å².